The Morgan fingerprint density at radius 2 is 1.63 bits per heavy atom. The number of nitrogens with one attached hydrogen (secondary N) is 2. The fourth-order valence-electron chi connectivity index (χ4n) is 7.97. The van der Waals surface area contributed by atoms with Crippen LogP contribution in [0, 0.1) is 5.92 Å². The molecule has 1 aliphatic heterocycles. The first kappa shape index (κ1) is 29.7. The molecule has 4 aromatic carbocycles. The molecule has 2 aromatic heterocycles. The molecule has 3 unspecified atom stereocenters. The van der Waals surface area contributed by atoms with E-state index < -0.39 is 11.3 Å². The van der Waals surface area contributed by atoms with Crippen LogP contribution >= 0.6 is 0 Å². The van der Waals surface area contributed by atoms with Gasteiger partial charge in [-0.2, -0.15) is 0 Å². The van der Waals surface area contributed by atoms with Crippen molar-refractivity contribution in [3.05, 3.63) is 155 Å². The van der Waals surface area contributed by atoms with Gasteiger partial charge in [-0.05, 0) is 79.5 Å². The van der Waals surface area contributed by atoms with Gasteiger partial charge < -0.3 is 9.73 Å². The van der Waals surface area contributed by atoms with E-state index in [2.05, 4.69) is 163 Å². The van der Waals surface area contributed by atoms with Crippen molar-refractivity contribution in [2.75, 3.05) is 0 Å². The maximum Gasteiger partial charge on any atom is 0.206 e. The molecule has 0 spiro atoms. The normalized spacial score (nSPS) is 23.3. The second-order valence-electron chi connectivity index (χ2n) is 14.1. The largest absolute Gasteiger partial charge is 0.455 e. The third kappa shape index (κ3) is 4.99. The molecule has 3 aliphatic rings. The van der Waals surface area contributed by atoms with E-state index in [0.29, 0.717) is 5.92 Å². The first-order chi connectivity index (χ1) is 23.9. The van der Waals surface area contributed by atoms with Crippen LogP contribution in [0.15, 0.2) is 137 Å². The minimum Gasteiger partial charge on any atom is -0.455 e. The fourth-order valence-corrected chi connectivity index (χ4v) is 7.97. The Kier molecular flexibility index (Phi) is 6.89. The van der Waals surface area contributed by atoms with Crippen LogP contribution in [0.4, 0.5) is 0 Å². The Hall–Kier alpha value is -5.39. The number of rotatable bonds is 4. The summed E-state index contributed by atoms with van der Waals surface area (Å²) in [6.45, 7) is 6.71. The Labute approximate surface area is 287 Å². The smallest absolute Gasteiger partial charge is 0.206 e. The summed E-state index contributed by atoms with van der Waals surface area (Å²) in [5.74, 6) is 2.09. The van der Waals surface area contributed by atoms with Crippen molar-refractivity contribution in [3.63, 3.8) is 0 Å². The zero-order chi connectivity index (χ0) is 33.2. The number of allylic oxidation sites excluding steroid dienone is 5. The molecule has 2 aliphatic carbocycles. The van der Waals surface area contributed by atoms with Gasteiger partial charge in [0, 0.05) is 22.2 Å². The van der Waals surface area contributed by atoms with Gasteiger partial charge in [0.1, 0.15) is 22.7 Å². The highest BCUT2D eigenvalue weighted by molar-refractivity contribution is 6.13. The maximum absolute atomic E-state index is 6.71. The minimum atomic E-state index is -0.708. The molecule has 49 heavy (non-hydrogen) atoms. The number of aromatic nitrogens is 1. The predicted octanol–water partition coefficient (Wildman–Crippen LogP) is 10.1. The predicted molar refractivity (Wildman–Crippen MR) is 202 cm³/mol. The van der Waals surface area contributed by atoms with Gasteiger partial charge in [-0.15, -0.1) is 0 Å². The van der Waals surface area contributed by atoms with E-state index in [9.17, 15) is 0 Å². The monoisotopic (exact) mass is 640 g/mol. The summed E-state index contributed by atoms with van der Waals surface area (Å²) in [7, 11) is 0. The average molecular weight is 641 g/mol. The highest BCUT2D eigenvalue weighted by Crippen LogP contribution is 2.41. The lowest BCUT2D eigenvalue weighted by Crippen LogP contribution is -2.65. The number of furan rings is 1. The second-order valence-corrected chi connectivity index (χ2v) is 14.1. The van der Waals surface area contributed by atoms with Gasteiger partial charge in [-0.25, -0.2) is 4.99 Å². The van der Waals surface area contributed by atoms with E-state index in [1.807, 2.05) is 6.07 Å². The molecule has 0 amide bonds. The number of fused-ring (bicyclic) bond motifs is 5. The molecule has 3 atom stereocenters. The second kappa shape index (κ2) is 11.4. The van der Waals surface area contributed by atoms with E-state index in [1.54, 1.807) is 0 Å². The number of benzene rings is 4. The summed E-state index contributed by atoms with van der Waals surface area (Å²) in [5.41, 5.74) is 9.10. The molecule has 5 heteroatoms. The van der Waals surface area contributed by atoms with E-state index in [-0.39, 0.29) is 0 Å². The van der Waals surface area contributed by atoms with Crippen LogP contribution in [-0.4, -0.2) is 10.5 Å². The van der Waals surface area contributed by atoms with Gasteiger partial charge in [-0.3, -0.25) is 9.88 Å². The first-order valence-corrected chi connectivity index (χ1v) is 17.4. The van der Waals surface area contributed by atoms with E-state index in [0.717, 1.165) is 69.5 Å². The van der Waals surface area contributed by atoms with Crippen molar-refractivity contribution in [2.24, 2.45) is 10.9 Å². The number of hydrogen-bond acceptors (Lipinski definition) is 4. The Morgan fingerprint density at radius 1 is 0.857 bits per heavy atom. The molecule has 2 N–H and O–H groups in total. The van der Waals surface area contributed by atoms with Gasteiger partial charge in [0.15, 0.2) is 0 Å². The summed E-state index contributed by atoms with van der Waals surface area (Å²) < 4.78 is 9.08. The third-order valence-electron chi connectivity index (χ3n) is 10.5. The van der Waals surface area contributed by atoms with Crippen LogP contribution in [0.3, 0.4) is 0 Å². The van der Waals surface area contributed by atoms with E-state index in [1.165, 1.54) is 22.4 Å². The lowest BCUT2D eigenvalue weighted by atomic mass is 9.91. The summed E-state index contributed by atoms with van der Waals surface area (Å²) >= 11 is 0. The zero-order valence-corrected chi connectivity index (χ0v) is 28.2. The molecule has 242 valence electrons. The highest BCUT2D eigenvalue weighted by Gasteiger charge is 2.43. The Balaban J connectivity index is 1.23. The average Bonchev–Trinajstić information content (AvgIpc) is 3.72. The molecule has 0 bridgehead atoms. The molecule has 0 saturated heterocycles. The highest BCUT2D eigenvalue weighted by atomic mass is 16.3. The van der Waals surface area contributed by atoms with Crippen molar-refractivity contribution >= 4 is 39.5 Å². The van der Waals surface area contributed by atoms with E-state index in [4.69, 9.17) is 9.41 Å². The van der Waals surface area contributed by atoms with Gasteiger partial charge in [0.05, 0.1) is 10.9 Å². The molecule has 5 nitrogen and oxygen atoms in total. The lowest BCUT2D eigenvalue weighted by molar-refractivity contribution is 0.201. The van der Waals surface area contributed by atoms with Crippen molar-refractivity contribution in [2.45, 2.75) is 51.4 Å². The van der Waals surface area contributed by atoms with Crippen LogP contribution in [0.25, 0.3) is 44.8 Å². The Morgan fingerprint density at radius 3 is 2.39 bits per heavy atom. The third-order valence-corrected chi connectivity index (χ3v) is 10.5. The minimum absolute atomic E-state index is 0.397. The standard InChI is InChI=1S/C44H40N4O/c1-29-19-25-36-38(27-29)48(37-26-22-33-28-39(49-41(33)40(36)37)32-15-9-5-10-16-32)42-45-43(2,34-17-11-6-12-18-34)47-44(3,46-42)35-23-20-31(21-24-35)30-13-7-4-8-14-30/h4-7,9-13,15-26,28-29,47H,8,14,27H2,1-3H3,(H,45,46). The van der Waals surface area contributed by atoms with Gasteiger partial charge in [-0.1, -0.05) is 122 Å². The molecule has 0 fully saturated rings. The lowest BCUT2D eigenvalue weighted by Gasteiger charge is -2.46. The number of aliphatic imine (C=N–C) groups is 1. The van der Waals surface area contributed by atoms with Crippen molar-refractivity contribution in [1.82, 2.24) is 15.2 Å². The van der Waals surface area contributed by atoms with Crippen molar-refractivity contribution < 1.29 is 4.42 Å². The van der Waals surface area contributed by atoms with Crippen molar-refractivity contribution in [1.29, 1.82) is 0 Å². The summed E-state index contributed by atoms with van der Waals surface area (Å²) in [5, 5.41) is 10.1. The number of nitrogens with zero attached hydrogens (tertiary/aromatic N) is 2. The van der Waals surface area contributed by atoms with Crippen LogP contribution in [0.1, 0.15) is 61.6 Å². The maximum atomic E-state index is 6.71. The quantitative estimate of drug-likeness (QED) is 0.202. The number of hydrogen-bond donors (Lipinski definition) is 2. The van der Waals surface area contributed by atoms with E-state index >= 15 is 0 Å². The molecule has 0 radical (unpaired) electrons. The van der Waals surface area contributed by atoms with Crippen LogP contribution in [-0.2, 0) is 17.7 Å². The summed E-state index contributed by atoms with van der Waals surface area (Å²) in [6.07, 6.45) is 14.3. The SMILES string of the molecule is CC1C=Cc2c(n(C3=NC(C)(c4ccccc4)NC(C)(c4ccc(C5=CC=CCC5)cc4)N3)c3ccc4cc(-c5ccccc5)oc4c23)C1. The molecule has 3 heterocycles. The zero-order valence-electron chi connectivity index (χ0n) is 28.2. The Bertz CT molecular complexity index is 2340. The topological polar surface area (TPSA) is 54.5 Å². The summed E-state index contributed by atoms with van der Waals surface area (Å²) in [4.78, 5) is 5.54. The van der Waals surface area contributed by atoms with Crippen LogP contribution < -0.4 is 10.6 Å². The van der Waals surface area contributed by atoms with Crippen molar-refractivity contribution in [3.8, 4) is 11.3 Å². The molecule has 9 rings (SSSR count). The molecule has 0 saturated carbocycles. The van der Waals surface area contributed by atoms with Gasteiger partial charge in [0.25, 0.3) is 0 Å². The van der Waals surface area contributed by atoms with Crippen LogP contribution in [0.5, 0.6) is 0 Å². The molecular formula is C44H40N4O. The molecular weight excluding hydrogens is 601 g/mol. The van der Waals surface area contributed by atoms with Crippen LogP contribution in [0.2, 0.25) is 0 Å². The molecule has 6 aromatic rings. The summed E-state index contributed by atoms with van der Waals surface area (Å²) in [6, 6.07) is 36.6. The van der Waals surface area contributed by atoms with Gasteiger partial charge in [0.2, 0.25) is 5.96 Å². The van der Waals surface area contributed by atoms with Gasteiger partial charge >= 0.3 is 0 Å². The fraction of sp³-hybridized carbons (Fsp3) is 0.205. The first-order valence-electron chi connectivity index (χ1n) is 17.4.